The third kappa shape index (κ3) is 1.43. The summed E-state index contributed by atoms with van der Waals surface area (Å²) in [5.74, 6) is 0. The van der Waals surface area contributed by atoms with E-state index in [1.165, 1.54) is 0 Å². The van der Waals surface area contributed by atoms with E-state index in [4.69, 9.17) is 4.74 Å². The highest BCUT2D eigenvalue weighted by molar-refractivity contribution is 4.51. The summed E-state index contributed by atoms with van der Waals surface area (Å²) in [6.45, 7) is 2.90. The molecule has 0 aliphatic carbocycles. The maximum absolute atomic E-state index is 5.08. The first-order valence-electron chi connectivity index (χ1n) is 2.79. The van der Waals surface area contributed by atoms with Crippen LogP contribution in [0, 0.1) is 0 Å². The number of hydrogen-bond acceptors (Lipinski definition) is 3. The molecule has 0 aromatic rings. The summed E-state index contributed by atoms with van der Waals surface area (Å²) in [5, 5.41) is 0. The van der Waals surface area contributed by atoms with Crippen LogP contribution in [0.25, 0.3) is 0 Å². The third-order valence-corrected chi connectivity index (χ3v) is 1.14. The number of ether oxygens (including phenoxy) is 1. The van der Waals surface area contributed by atoms with Crippen LogP contribution >= 0.6 is 0 Å². The Morgan fingerprint density at radius 2 is 2.38 bits per heavy atom. The van der Waals surface area contributed by atoms with Gasteiger partial charge in [0.05, 0.1) is 6.10 Å². The summed E-state index contributed by atoms with van der Waals surface area (Å²) in [4.78, 5) is 9.13. The molecule has 1 heterocycles. The summed E-state index contributed by atoms with van der Waals surface area (Å²) < 4.78 is 5.08. The van der Waals surface area contributed by atoms with E-state index in [-0.39, 0.29) is 12.9 Å². The summed E-state index contributed by atoms with van der Waals surface area (Å²) in [5.41, 5.74) is 0. The minimum atomic E-state index is 0.240. The Bertz CT molecular complexity index is 58.7. The first-order valence-corrected chi connectivity index (χ1v) is 2.79. The Hall–Kier alpha value is -0.120. The van der Waals surface area contributed by atoms with Gasteiger partial charge in [-0.15, -0.1) is 0 Å². The maximum Gasteiger partial charge on any atom is 0.181 e. The third-order valence-electron chi connectivity index (χ3n) is 1.14. The van der Waals surface area contributed by atoms with Crippen LogP contribution in [0.5, 0.6) is 0 Å². The quantitative estimate of drug-likeness (QED) is 0.474. The van der Waals surface area contributed by atoms with E-state index in [1.807, 2.05) is 0 Å². The number of hydrogen-bond donors (Lipinski definition) is 0. The molecule has 0 saturated carbocycles. The zero-order valence-corrected chi connectivity index (χ0v) is 4.92. The van der Waals surface area contributed by atoms with E-state index in [1.54, 1.807) is 0 Å². The first kappa shape index (κ1) is 6.01. The molecule has 3 heteroatoms. The topological polar surface area (TPSA) is 27.7 Å². The molecule has 1 aliphatic heterocycles. The predicted molar refractivity (Wildman–Crippen MR) is 27.1 cm³/mol. The molecule has 48 valence electrons. The van der Waals surface area contributed by atoms with Crippen LogP contribution in [0.2, 0.25) is 0 Å². The highest BCUT2D eigenvalue weighted by atomic mass is 17.2. The van der Waals surface area contributed by atoms with Gasteiger partial charge >= 0.3 is 0 Å². The molecule has 0 aromatic heterocycles. The van der Waals surface area contributed by atoms with Crippen molar-refractivity contribution < 1.29 is 14.5 Å². The summed E-state index contributed by atoms with van der Waals surface area (Å²) in [6, 6.07) is 0. The summed E-state index contributed by atoms with van der Waals surface area (Å²) >= 11 is 0. The van der Waals surface area contributed by atoms with Crippen molar-refractivity contribution in [2.75, 3.05) is 13.4 Å². The van der Waals surface area contributed by atoms with Gasteiger partial charge in [0.1, 0.15) is 6.61 Å². The van der Waals surface area contributed by atoms with Crippen molar-refractivity contribution in [3.63, 3.8) is 0 Å². The van der Waals surface area contributed by atoms with E-state index in [0.29, 0.717) is 6.61 Å². The minimum Gasteiger partial charge on any atom is -0.346 e. The second-order valence-electron chi connectivity index (χ2n) is 1.72. The van der Waals surface area contributed by atoms with Gasteiger partial charge < -0.3 is 4.74 Å². The van der Waals surface area contributed by atoms with Crippen LogP contribution < -0.4 is 0 Å². The monoisotopic (exact) mass is 118 g/mol. The fraction of sp³-hybridized carbons (Fsp3) is 1.00. The summed E-state index contributed by atoms with van der Waals surface area (Å²) in [7, 11) is 0. The summed E-state index contributed by atoms with van der Waals surface area (Å²) in [6.07, 6.45) is 1.23. The normalized spacial score (nSPS) is 30.4. The van der Waals surface area contributed by atoms with Crippen molar-refractivity contribution in [3.8, 4) is 0 Å². The fourth-order valence-electron chi connectivity index (χ4n) is 0.566. The van der Waals surface area contributed by atoms with E-state index >= 15 is 0 Å². The first-order chi connectivity index (χ1) is 3.93. The van der Waals surface area contributed by atoms with E-state index < -0.39 is 0 Å². The molecule has 8 heavy (non-hydrogen) atoms. The van der Waals surface area contributed by atoms with Gasteiger partial charge in [0.25, 0.3) is 0 Å². The largest absolute Gasteiger partial charge is 0.346 e. The van der Waals surface area contributed by atoms with Gasteiger partial charge in [-0.2, -0.15) is 0 Å². The lowest BCUT2D eigenvalue weighted by Gasteiger charge is -2.19. The van der Waals surface area contributed by atoms with Crippen molar-refractivity contribution in [2.24, 2.45) is 0 Å². The lowest BCUT2D eigenvalue weighted by Crippen LogP contribution is -2.26. The van der Waals surface area contributed by atoms with E-state index in [9.17, 15) is 0 Å². The van der Waals surface area contributed by atoms with Gasteiger partial charge in [-0.3, -0.25) is 0 Å². The fourth-order valence-corrected chi connectivity index (χ4v) is 0.566. The Balaban J connectivity index is 2.13. The standard InChI is InChI=1S/C5H10O3/c1-2-5-3-7-8-4-6-5/h5H,2-4H2,1H3. The molecule has 0 spiro atoms. The van der Waals surface area contributed by atoms with Crippen molar-refractivity contribution in [2.45, 2.75) is 19.4 Å². The van der Waals surface area contributed by atoms with Crippen molar-refractivity contribution >= 4 is 0 Å². The zero-order valence-electron chi connectivity index (χ0n) is 4.92. The molecule has 0 amide bonds. The average molecular weight is 118 g/mol. The second-order valence-corrected chi connectivity index (χ2v) is 1.72. The maximum atomic E-state index is 5.08. The molecular weight excluding hydrogens is 108 g/mol. The molecule has 1 saturated heterocycles. The van der Waals surface area contributed by atoms with Gasteiger partial charge in [0.15, 0.2) is 6.79 Å². The van der Waals surface area contributed by atoms with Crippen molar-refractivity contribution in [1.29, 1.82) is 0 Å². The zero-order chi connectivity index (χ0) is 5.82. The molecule has 1 rings (SSSR count). The van der Waals surface area contributed by atoms with Gasteiger partial charge in [0.2, 0.25) is 0 Å². The smallest absolute Gasteiger partial charge is 0.181 e. The van der Waals surface area contributed by atoms with Crippen LogP contribution in [-0.2, 0) is 14.5 Å². The van der Waals surface area contributed by atoms with Gasteiger partial charge in [0, 0.05) is 0 Å². The van der Waals surface area contributed by atoms with Crippen molar-refractivity contribution in [1.82, 2.24) is 0 Å². The van der Waals surface area contributed by atoms with Crippen LogP contribution in [0.4, 0.5) is 0 Å². The van der Waals surface area contributed by atoms with Crippen molar-refractivity contribution in [3.05, 3.63) is 0 Å². The Morgan fingerprint density at radius 3 is 2.75 bits per heavy atom. The lowest BCUT2D eigenvalue weighted by atomic mass is 10.3. The second kappa shape index (κ2) is 3.02. The molecule has 1 atom stereocenters. The molecule has 0 bridgehead atoms. The molecule has 1 fully saturated rings. The lowest BCUT2D eigenvalue weighted by molar-refractivity contribution is -0.390. The molecule has 0 radical (unpaired) electrons. The van der Waals surface area contributed by atoms with Gasteiger partial charge in [-0.1, -0.05) is 6.92 Å². The van der Waals surface area contributed by atoms with Crippen LogP contribution in [0.3, 0.4) is 0 Å². The Kier molecular flexibility index (Phi) is 2.27. The molecule has 3 nitrogen and oxygen atoms in total. The molecule has 1 aliphatic rings. The van der Waals surface area contributed by atoms with Crippen LogP contribution in [-0.4, -0.2) is 19.5 Å². The molecular formula is C5H10O3. The number of rotatable bonds is 1. The molecule has 1 unspecified atom stereocenters. The average Bonchev–Trinajstić information content (AvgIpc) is 1.90. The van der Waals surface area contributed by atoms with E-state index in [2.05, 4.69) is 16.7 Å². The van der Waals surface area contributed by atoms with Crippen LogP contribution in [0.1, 0.15) is 13.3 Å². The molecule has 0 aromatic carbocycles. The van der Waals surface area contributed by atoms with Gasteiger partial charge in [-0.05, 0) is 6.42 Å². The van der Waals surface area contributed by atoms with Crippen LogP contribution in [0.15, 0.2) is 0 Å². The highest BCUT2D eigenvalue weighted by Gasteiger charge is 2.11. The highest BCUT2D eigenvalue weighted by Crippen LogP contribution is 2.03. The minimum absolute atomic E-state index is 0.240. The van der Waals surface area contributed by atoms with E-state index in [0.717, 1.165) is 6.42 Å². The SMILES string of the molecule is CCC1COOCO1. The Morgan fingerprint density at radius 1 is 1.50 bits per heavy atom. The molecule has 0 N–H and O–H groups in total. The Labute approximate surface area is 48.5 Å². The van der Waals surface area contributed by atoms with Gasteiger partial charge in [-0.25, -0.2) is 9.78 Å². The predicted octanol–water partition coefficient (Wildman–Crippen LogP) is 0.701.